The van der Waals surface area contributed by atoms with Crippen LogP contribution in [-0.2, 0) is 20.9 Å². The van der Waals surface area contributed by atoms with E-state index in [0.717, 1.165) is 5.56 Å². The number of amides is 2. The number of benzene rings is 2. The summed E-state index contributed by atoms with van der Waals surface area (Å²) in [6, 6.07) is 9.80. The van der Waals surface area contributed by atoms with Gasteiger partial charge in [-0.05, 0) is 18.2 Å². The van der Waals surface area contributed by atoms with Gasteiger partial charge in [0.25, 0.3) is 11.8 Å². The van der Waals surface area contributed by atoms with Crippen molar-refractivity contribution in [3.05, 3.63) is 52.5 Å². The van der Waals surface area contributed by atoms with Gasteiger partial charge in [0, 0.05) is 12.1 Å². The molecular weight excluding hydrogens is 416 g/mol. The molecule has 160 valence electrons. The summed E-state index contributed by atoms with van der Waals surface area (Å²) >= 11 is 6.09. The molecule has 2 aromatic rings. The highest BCUT2D eigenvalue weighted by molar-refractivity contribution is 6.32. The normalized spacial score (nSPS) is 10.1. The molecule has 2 rings (SSSR count). The van der Waals surface area contributed by atoms with Crippen molar-refractivity contribution in [3.8, 4) is 17.2 Å². The Kier molecular flexibility index (Phi) is 8.30. The minimum Gasteiger partial charge on any atom is -0.496 e. The highest BCUT2D eigenvalue weighted by Gasteiger charge is 2.18. The third-order valence-corrected chi connectivity index (χ3v) is 4.11. The fourth-order valence-electron chi connectivity index (χ4n) is 2.43. The van der Waals surface area contributed by atoms with E-state index in [-0.39, 0.29) is 28.6 Å². The Morgan fingerprint density at radius 2 is 1.73 bits per heavy atom. The Hall–Kier alpha value is -3.46. The maximum atomic E-state index is 12.3. The molecule has 10 heteroatoms. The topological polar surface area (TPSA) is 126 Å². The second-order valence-corrected chi connectivity index (χ2v) is 6.32. The molecule has 0 aliphatic carbocycles. The van der Waals surface area contributed by atoms with E-state index >= 15 is 0 Å². The molecule has 0 unspecified atom stereocenters. The molecule has 0 aliphatic rings. The third-order valence-electron chi connectivity index (χ3n) is 3.83. The van der Waals surface area contributed by atoms with E-state index in [2.05, 4.69) is 5.32 Å². The van der Waals surface area contributed by atoms with Crippen LogP contribution < -0.4 is 25.3 Å². The third kappa shape index (κ3) is 6.28. The molecule has 0 atom stereocenters. The van der Waals surface area contributed by atoms with E-state index in [4.69, 9.17) is 36.3 Å². The first-order chi connectivity index (χ1) is 14.3. The van der Waals surface area contributed by atoms with Crippen LogP contribution in [0.4, 0.5) is 0 Å². The molecular formula is C20H21ClN2O7. The van der Waals surface area contributed by atoms with Gasteiger partial charge in [0.2, 0.25) is 0 Å². The van der Waals surface area contributed by atoms with Gasteiger partial charge in [-0.1, -0.05) is 29.8 Å². The minimum atomic E-state index is -0.788. The van der Waals surface area contributed by atoms with E-state index in [1.807, 2.05) is 12.1 Å². The van der Waals surface area contributed by atoms with Crippen LogP contribution in [0.15, 0.2) is 36.4 Å². The first kappa shape index (κ1) is 22.8. The van der Waals surface area contributed by atoms with Crippen LogP contribution in [0.5, 0.6) is 17.2 Å². The molecule has 0 bridgehead atoms. The zero-order valence-electron chi connectivity index (χ0n) is 16.4. The van der Waals surface area contributed by atoms with Gasteiger partial charge >= 0.3 is 5.97 Å². The number of hydrogen-bond donors (Lipinski definition) is 2. The summed E-state index contributed by atoms with van der Waals surface area (Å²) in [6.07, 6.45) is 0. The van der Waals surface area contributed by atoms with Gasteiger partial charge in [-0.25, -0.2) is 4.79 Å². The van der Waals surface area contributed by atoms with Crippen LogP contribution in [0.1, 0.15) is 15.9 Å². The van der Waals surface area contributed by atoms with Crippen molar-refractivity contribution in [1.29, 1.82) is 0 Å². The number of esters is 1. The predicted molar refractivity (Wildman–Crippen MR) is 108 cm³/mol. The minimum absolute atomic E-state index is 0.0168. The van der Waals surface area contributed by atoms with Crippen LogP contribution in [0.25, 0.3) is 0 Å². The molecule has 0 saturated carbocycles. The Balaban J connectivity index is 1.96. The summed E-state index contributed by atoms with van der Waals surface area (Å²) in [6.45, 7) is -0.688. The van der Waals surface area contributed by atoms with Gasteiger partial charge in [0.15, 0.2) is 24.7 Å². The van der Waals surface area contributed by atoms with Crippen molar-refractivity contribution in [3.63, 3.8) is 0 Å². The number of methoxy groups -OCH3 is 2. The lowest BCUT2D eigenvalue weighted by molar-refractivity contribution is -0.124. The number of carbonyl (C=O) groups is 3. The number of para-hydroxylation sites is 1. The molecule has 0 spiro atoms. The lowest BCUT2D eigenvalue weighted by atomic mass is 10.2. The smallest absolute Gasteiger partial charge is 0.338 e. The van der Waals surface area contributed by atoms with Gasteiger partial charge < -0.3 is 30.0 Å². The molecule has 0 aliphatic heterocycles. The monoisotopic (exact) mass is 436 g/mol. The van der Waals surface area contributed by atoms with E-state index < -0.39 is 31.0 Å². The summed E-state index contributed by atoms with van der Waals surface area (Å²) in [4.78, 5) is 35.2. The Bertz CT molecular complexity index is 933. The number of nitrogens with one attached hydrogen (secondary N) is 1. The largest absolute Gasteiger partial charge is 0.496 e. The SMILES string of the molecule is COc1ccccc1CNC(=O)COC(=O)c1cc(Cl)c(OCC(N)=O)c(OC)c1. The molecule has 30 heavy (non-hydrogen) atoms. The summed E-state index contributed by atoms with van der Waals surface area (Å²) in [5.74, 6) is -1.18. The van der Waals surface area contributed by atoms with Crippen LogP contribution in [0.3, 0.4) is 0 Å². The maximum Gasteiger partial charge on any atom is 0.338 e. The summed E-state index contributed by atoms with van der Waals surface area (Å²) in [5.41, 5.74) is 5.86. The van der Waals surface area contributed by atoms with Gasteiger partial charge in [-0.15, -0.1) is 0 Å². The van der Waals surface area contributed by atoms with E-state index in [1.54, 1.807) is 12.1 Å². The standard InChI is InChI=1S/C20H21ClN2O7/c1-27-15-6-4-3-5-12(15)9-23-18(25)11-30-20(26)13-7-14(21)19(16(8-13)28-2)29-10-17(22)24/h3-8H,9-11H2,1-2H3,(H2,22,24)(H,23,25). The highest BCUT2D eigenvalue weighted by atomic mass is 35.5. The number of primary amides is 1. The Labute approximate surface area is 178 Å². The van der Waals surface area contributed by atoms with Crippen LogP contribution in [0.2, 0.25) is 5.02 Å². The second-order valence-electron chi connectivity index (χ2n) is 5.91. The van der Waals surface area contributed by atoms with E-state index in [1.165, 1.54) is 26.4 Å². The lowest BCUT2D eigenvalue weighted by Gasteiger charge is -2.13. The average molecular weight is 437 g/mol. The van der Waals surface area contributed by atoms with Crippen molar-refractivity contribution in [2.75, 3.05) is 27.4 Å². The highest BCUT2D eigenvalue weighted by Crippen LogP contribution is 2.36. The first-order valence-corrected chi connectivity index (χ1v) is 9.07. The number of rotatable bonds is 10. The van der Waals surface area contributed by atoms with Crippen molar-refractivity contribution in [2.45, 2.75) is 6.54 Å². The first-order valence-electron chi connectivity index (χ1n) is 8.70. The average Bonchev–Trinajstić information content (AvgIpc) is 2.74. The number of nitrogens with two attached hydrogens (primary N) is 1. The van der Waals surface area contributed by atoms with Crippen molar-refractivity contribution in [1.82, 2.24) is 5.32 Å². The van der Waals surface area contributed by atoms with Crippen LogP contribution in [0, 0.1) is 0 Å². The van der Waals surface area contributed by atoms with Gasteiger partial charge in [0.05, 0.1) is 24.8 Å². The number of hydrogen-bond acceptors (Lipinski definition) is 7. The van der Waals surface area contributed by atoms with Crippen molar-refractivity contribution in [2.24, 2.45) is 5.73 Å². The molecule has 0 heterocycles. The lowest BCUT2D eigenvalue weighted by Crippen LogP contribution is -2.28. The molecule has 0 saturated heterocycles. The number of ether oxygens (including phenoxy) is 4. The van der Waals surface area contributed by atoms with Gasteiger partial charge in [-0.2, -0.15) is 0 Å². The fraction of sp³-hybridized carbons (Fsp3) is 0.250. The fourth-order valence-corrected chi connectivity index (χ4v) is 2.69. The van der Waals surface area contributed by atoms with Crippen molar-refractivity contribution < 1.29 is 33.3 Å². The number of halogens is 1. The molecule has 0 radical (unpaired) electrons. The summed E-state index contributed by atoms with van der Waals surface area (Å²) < 4.78 is 20.5. The zero-order chi connectivity index (χ0) is 22.1. The Morgan fingerprint density at radius 3 is 2.40 bits per heavy atom. The van der Waals surface area contributed by atoms with Crippen LogP contribution >= 0.6 is 11.6 Å². The summed E-state index contributed by atoms with van der Waals surface area (Å²) in [7, 11) is 2.87. The molecule has 3 N–H and O–H groups in total. The maximum absolute atomic E-state index is 12.3. The number of carbonyl (C=O) groups excluding carboxylic acids is 3. The van der Waals surface area contributed by atoms with E-state index in [9.17, 15) is 14.4 Å². The molecule has 9 nitrogen and oxygen atoms in total. The zero-order valence-corrected chi connectivity index (χ0v) is 17.2. The van der Waals surface area contributed by atoms with Crippen molar-refractivity contribution >= 4 is 29.4 Å². The van der Waals surface area contributed by atoms with Gasteiger partial charge in [-0.3, -0.25) is 9.59 Å². The predicted octanol–water partition coefficient (Wildman–Crippen LogP) is 1.69. The van der Waals surface area contributed by atoms with Gasteiger partial charge in [0.1, 0.15) is 5.75 Å². The Morgan fingerprint density at radius 1 is 1.03 bits per heavy atom. The van der Waals surface area contributed by atoms with E-state index in [0.29, 0.717) is 5.75 Å². The molecule has 0 fully saturated rings. The molecule has 2 aromatic carbocycles. The second kappa shape index (κ2) is 10.9. The van der Waals surface area contributed by atoms with Crippen LogP contribution in [-0.4, -0.2) is 45.2 Å². The quantitative estimate of drug-likeness (QED) is 0.542. The summed E-state index contributed by atoms with van der Waals surface area (Å²) in [5, 5.41) is 2.66. The molecule has 2 amide bonds. The molecule has 0 aromatic heterocycles.